The molecule has 1 N–H and O–H groups in total. The van der Waals surface area contributed by atoms with Gasteiger partial charge in [0.1, 0.15) is 6.07 Å². The first-order valence-corrected chi connectivity index (χ1v) is 9.36. The van der Waals surface area contributed by atoms with Gasteiger partial charge >= 0.3 is 0 Å². The van der Waals surface area contributed by atoms with Crippen molar-refractivity contribution in [2.45, 2.75) is 6.54 Å². The zero-order chi connectivity index (χ0) is 17.9. The summed E-state index contributed by atoms with van der Waals surface area (Å²) in [5.74, 6) is -0.283. The minimum absolute atomic E-state index is 0.283. The van der Waals surface area contributed by atoms with E-state index in [-0.39, 0.29) is 5.91 Å². The molecule has 0 spiro atoms. The second-order valence-electron chi connectivity index (χ2n) is 5.38. The molecule has 0 bridgehead atoms. The van der Waals surface area contributed by atoms with Crippen molar-refractivity contribution in [3.05, 3.63) is 62.9 Å². The number of carbonyl (C=O) groups excluding carboxylic acids is 1. The Morgan fingerprint density at radius 1 is 1.27 bits per heavy atom. The summed E-state index contributed by atoms with van der Waals surface area (Å²) < 4.78 is 0. The highest BCUT2D eigenvalue weighted by atomic mass is 32.2. The molecule has 1 aliphatic heterocycles. The number of nitrogens with one attached hydrogen (secondary N) is 1. The molecule has 4 rings (SSSR count). The van der Waals surface area contributed by atoms with Crippen LogP contribution in [0.3, 0.4) is 0 Å². The smallest absolute Gasteiger partial charge is 0.286 e. The first-order chi connectivity index (χ1) is 12.7. The summed E-state index contributed by atoms with van der Waals surface area (Å²) in [6.07, 6.45) is 3.21. The summed E-state index contributed by atoms with van der Waals surface area (Å²) in [5.41, 5.74) is 2.39. The van der Waals surface area contributed by atoms with Gasteiger partial charge in [-0.25, -0.2) is 4.98 Å². The molecule has 0 saturated heterocycles. The first kappa shape index (κ1) is 16.4. The molecule has 126 valence electrons. The third kappa shape index (κ3) is 3.49. The Labute approximate surface area is 157 Å². The number of aliphatic imine (C=N–C) groups is 1. The molecular formula is C18H11N5OS2. The predicted octanol–water partition coefficient (Wildman–Crippen LogP) is 3.32. The van der Waals surface area contributed by atoms with Gasteiger partial charge in [-0.3, -0.25) is 9.78 Å². The number of pyridine rings is 2. The van der Waals surface area contributed by atoms with Crippen molar-refractivity contribution in [2.24, 2.45) is 4.99 Å². The number of fused-ring (bicyclic) bond motifs is 1. The number of nitriles is 1. The molecule has 0 aromatic carbocycles. The van der Waals surface area contributed by atoms with Crippen LogP contribution in [0.4, 0.5) is 0 Å². The lowest BCUT2D eigenvalue weighted by atomic mass is 10.2. The SMILES string of the molecule is N#Cc1cnc2ccc(/C=C3\SC(NCc4cccs4)=NC3=O)nc2c1. The van der Waals surface area contributed by atoms with Crippen LogP contribution < -0.4 is 5.32 Å². The van der Waals surface area contributed by atoms with Gasteiger partial charge in [0.2, 0.25) is 0 Å². The lowest BCUT2D eigenvalue weighted by molar-refractivity contribution is -0.113. The van der Waals surface area contributed by atoms with E-state index in [2.05, 4.69) is 20.3 Å². The van der Waals surface area contributed by atoms with Gasteiger partial charge in [-0.2, -0.15) is 10.3 Å². The van der Waals surface area contributed by atoms with Crippen molar-refractivity contribution < 1.29 is 4.79 Å². The highest BCUT2D eigenvalue weighted by Crippen LogP contribution is 2.27. The Morgan fingerprint density at radius 3 is 3.00 bits per heavy atom. The van der Waals surface area contributed by atoms with Crippen molar-refractivity contribution >= 4 is 51.3 Å². The number of thioether (sulfide) groups is 1. The molecule has 0 atom stereocenters. The number of aromatic nitrogens is 2. The predicted molar refractivity (Wildman–Crippen MR) is 103 cm³/mol. The number of rotatable bonds is 3. The molecule has 1 amide bonds. The summed E-state index contributed by atoms with van der Waals surface area (Å²) in [7, 11) is 0. The zero-order valence-corrected chi connectivity index (χ0v) is 15.0. The second kappa shape index (κ2) is 7.07. The minimum atomic E-state index is -0.283. The van der Waals surface area contributed by atoms with E-state index in [9.17, 15) is 4.79 Å². The van der Waals surface area contributed by atoms with Gasteiger partial charge in [0.25, 0.3) is 5.91 Å². The van der Waals surface area contributed by atoms with E-state index >= 15 is 0 Å². The number of amidine groups is 1. The molecule has 0 fully saturated rings. The van der Waals surface area contributed by atoms with Gasteiger partial charge in [-0.1, -0.05) is 6.07 Å². The summed E-state index contributed by atoms with van der Waals surface area (Å²) in [6.45, 7) is 0.640. The van der Waals surface area contributed by atoms with E-state index in [1.807, 2.05) is 29.6 Å². The van der Waals surface area contributed by atoms with Gasteiger partial charge in [0.05, 0.1) is 33.7 Å². The van der Waals surface area contributed by atoms with E-state index in [1.165, 1.54) is 22.8 Å². The third-order valence-corrected chi connectivity index (χ3v) is 5.40. The van der Waals surface area contributed by atoms with Crippen LogP contribution in [-0.4, -0.2) is 21.0 Å². The van der Waals surface area contributed by atoms with Crippen molar-refractivity contribution in [3.63, 3.8) is 0 Å². The molecule has 26 heavy (non-hydrogen) atoms. The summed E-state index contributed by atoms with van der Waals surface area (Å²) in [4.78, 5) is 26.5. The molecule has 8 heteroatoms. The van der Waals surface area contributed by atoms with Crippen molar-refractivity contribution in [1.29, 1.82) is 5.26 Å². The van der Waals surface area contributed by atoms with Crippen LogP contribution in [0, 0.1) is 11.3 Å². The number of hydrogen-bond donors (Lipinski definition) is 1. The molecule has 0 saturated carbocycles. The van der Waals surface area contributed by atoms with Crippen LogP contribution in [0.5, 0.6) is 0 Å². The van der Waals surface area contributed by atoms with E-state index in [0.29, 0.717) is 38.9 Å². The number of nitrogens with zero attached hydrogens (tertiary/aromatic N) is 4. The number of thiophene rings is 1. The molecular weight excluding hydrogens is 366 g/mol. The number of carbonyl (C=O) groups is 1. The second-order valence-corrected chi connectivity index (χ2v) is 7.44. The summed E-state index contributed by atoms with van der Waals surface area (Å²) in [5, 5.41) is 14.7. The van der Waals surface area contributed by atoms with Gasteiger partial charge in [-0.15, -0.1) is 11.3 Å². The van der Waals surface area contributed by atoms with E-state index in [1.54, 1.807) is 29.5 Å². The minimum Gasteiger partial charge on any atom is -0.359 e. The number of hydrogen-bond acceptors (Lipinski definition) is 7. The monoisotopic (exact) mass is 377 g/mol. The molecule has 0 aliphatic carbocycles. The maximum absolute atomic E-state index is 12.1. The van der Waals surface area contributed by atoms with Crippen molar-refractivity contribution in [2.75, 3.05) is 0 Å². The van der Waals surface area contributed by atoms with Crippen molar-refractivity contribution in [1.82, 2.24) is 15.3 Å². The van der Waals surface area contributed by atoms with E-state index < -0.39 is 0 Å². The molecule has 0 unspecified atom stereocenters. The largest absolute Gasteiger partial charge is 0.359 e. The molecule has 6 nitrogen and oxygen atoms in total. The Hall–Kier alpha value is -3.02. The Balaban J connectivity index is 1.52. The fraction of sp³-hybridized carbons (Fsp3) is 0.0556. The highest BCUT2D eigenvalue weighted by Gasteiger charge is 2.22. The van der Waals surface area contributed by atoms with E-state index in [0.717, 1.165) is 0 Å². The number of amides is 1. The van der Waals surface area contributed by atoms with Gasteiger partial charge in [-0.05, 0) is 47.5 Å². The van der Waals surface area contributed by atoms with Crippen LogP contribution >= 0.6 is 23.1 Å². The fourth-order valence-electron chi connectivity index (χ4n) is 2.36. The molecule has 4 heterocycles. The topological polar surface area (TPSA) is 91.0 Å². The highest BCUT2D eigenvalue weighted by molar-refractivity contribution is 8.18. The maximum atomic E-state index is 12.1. The lowest BCUT2D eigenvalue weighted by Gasteiger charge is -2.02. The van der Waals surface area contributed by atoms with E-state index in [4.69, 9.17) is 5.26 Å². The van der Waals surface area contributed by atoms with Crippen LogP contribution in [0.25, 0.3) is 17.1 Å². The zero-order valence-electron chi connectivity index (χ0n) is 13.3. The Morgan fingerprint density at radius 2 is 2.19 bits per heavy atom. The van der Waals surface area contributed by atoms with Crippen LogP contribution in [0.2, 0.25) is 0 Å². The van der Waals surface area contributed by atoms with Crippen LogP contribution in [-0.2, 0) is 11.3 Å². The Bertz CT molecular complexity index is 1100. The molecule has 3 aromatic heterocycles. The summed E-state index contributed by atoms with van der Waals surface area (Å²) in [6, 6.07) is 11.3. The van der Waals surface area contributed by atoms with Crippen molar-refractivity contribution in [3.8, 4) is 6.07 Å². The molecule has 0 radical (unpaired) electrons. The first-order valence-electron chi connectivity index (χ1n) is 7.67. The van der Waals surface area contributed by atoms with Crippen LogP contribution in [0.1, 0.15) is 16.1 Å². The standard InChI is InChI=1S/C18H11N5OS2/c19-8-11-6-15-14(20-9-11)4-3-12(22-15)7-16-17(24)23-18(26-16)21-10-13-2-1-5-25-13/h1-7,9H,10H2,(H,21,23,24)/b16-7-. The average molecular weight is 377 g/mol. The third-order valence-electron chi connectivity index (χ3n) is 3.58. The summed E-state index contributed by atoms with van der Waals surface area (Å²) >= 11 is 2.95. The maximum Gasteiger partial charge on any atom is 0.286 e. The fourth-order valence-corrected chi connectivity index (χ4v) is 3.80. The van der Waals surface area contributed by atoms with Gasteiger partial charge in [0.15, 0.2) is 5.17 Å². The van der Waals surface area contributed by atoms with Gasteiger partial charge in [0, 0.05) is 11.1 Å². The quantitative estimate of drug-likeness (QED) is 0.704. The lowest BCUT2D eigenvalue weighted by Crippen LogP contribution is -2.17. The van der Waals surface area contributed by atoms with Crippen LogP contribution in [0.15, 0.2) is 51.8 Å². The molecule has 3 aromatic rings. The average Bonchev–Trinajstić information content (AvgIpc) is 3.29. The normalized spacial score (nSPS) is 15.3. The Kier molecular flexibility index (Phi) is 4.48. The molecule has 1 aliphatic rings. The van der Waals surface area contributed by atoms with Gasteiger partial charge < -0.3 is 5.32 Å².